The van der Waals surface area contributed by atoms with Gasteiger partial charge in [0.25, 0.3) is 5.91 Å². The Morgan fingerprint density at radius 1 is 1.03 bits per heavy atom. The van der Waals surface area contributed by atoms with E-state index in [0.29, 0.717) is 24.4 Å². The van der Waals surface area contributed by atoms with E-state index in [9.17, 15) is 23.1 Å². The average Bonchev–Trinajstić information content (AvgIpc) is 2.66. The van der Waals surface area contributed by atoms with Gasteiger partial charge in [-0.15, -0.1) is 0 Å². The maximum absolute atomic E-state index is 12.7. The van der Waals surface area contributed by atoms with E-state index < -0.39 is 17.3 Å². The van der Waals surface area contributed by atoms with Crippen molar-refractivity contribution in [3.63, 3.8) is 0 Å². The molecule has 2 aromatic rings. The summed E-state index contributed by atoms with van der Waals surface area (Å²) in [6.07, 6.45) is -2.83. The van der Waals surface area contributed by atoms with Crippen LogP contribution in [0.25, 0.3) is 0 Å². The maximum atomic E-state index is 12.7. The average molecular weight is 433 g/mol. The van der Waals surface area contributed by atoms with Gasteiger partial charge in [-0.3, -0.25) is 4.79 Å². The molecule has 5 nitrogen and oxygen atoms in total. The van der Waals surface area contributed by atoms with Crippen LogP contribution in [0.5, 0.6) is 5.75 Å². The van der Waals surface area contributed by atoms with E-state index in [4.69, 9.17) is 9.47 Å². The van der Waals surface area contributed by atoms with Crippen LogP contribution in [0.1, 0.15) is 34.3 Å². The highest BCUT2D eigenvalue weighted by atomic mass is 19.4. The number of benzene rings is 2. The van der Waals surface area contributed by atoms with Crippen LogP contribution in [0.15, 0.2) is 48.5 Å². The van der Waals surface area contributed by atoms with Gasteiger partial charge in [0, 0.05) is 24.1 Å². The lowest BCUT2D eigenvalue weighted by Crippen LogP contribution is -2.65. The van der Waals surface area contributed by atoms with Crippen molar-refractivity contribution in [1.82, 2.24) is 4.90 Å². The lowest BCUT2D eigenvalue weighted by Gasteiger charge is -2.58. The topological polar surface area (TPSA) is 59.0 Å². The molecule has 0 radical (unpaired) electrons. The molecule has 0 unspecified atom stereocenters. The number of hydrogen-bond donors (Lipinski definition) is 1. The van der Waals surface area contributed by atoms with Crippen molar-refractivity contribution in [3.05, 3.63) is 65.2 Å². The smallest absolute Gasteiger partial charge is 0.416 e. The summed E-state index contributed by atoms with van der Waals surface area (Å²) in [5.41, 5.74) is -0.265. The first-order valence-electron chi connectivity index (χ1n) is 10.2. The van der Waals surface area contributed by atoms with Crippen LogP contribution in [0, 0.1) is 5.41 Å². The fourth-order valence-electron chi connectivity index (χ4n) is 4.64. The summed E-state index contributed by atoms with van der Waals surface area (Å²) < 4.78 is 48.8. The third kappa shape index (κ3) is 3.68. The number of likely N-dealkylation sites (tertiary alicyclic amines) is 1. The summed E-state index contributed by atoms with van der Waals surface area (Å²) in [6, 6.07) is 11.7. The van der Waals surface area contributed by atoms with Crippen molar-refractivity contribution in [1.29, 1.82) is 0 Å². The molecule has 164 valence electrons. The number of aliphatic hydroxyl groups is 1. The summed E-state index contributed by atoms with van der Waals surface area (Å²) in [4.78, 5) is 14.5. The van der Waals surface area contributed by atoms with Gasteiger partial charge < -0.3 is 19.5 Å². The third-order valence-corrected chi connectivity index (χ3v) is 6.50. The first kappa shape index (κ1) is 20.3. The van der Waals surface area contributed by atoms with Crippen LogP contribution >= 0.6 is 0 Å². The lowest BCUT2D eigenvalue weighted by molar-refractivity contribution is -0.184. The van der Waals surface area contributed by atoms with Gasteiger partial charge in [-0.05, 0) is 54.8 Å². The summed E-state index contributed by atoms with van der Waals surface area (Å²) in [6.45, 7) is 1.84. The number of carbonyl (C=O) groups is 1. The number of alkyl halides is 3. The summed E-state index contributed by atoms with van der Waals surface area (Å²) in [5.74, 6) is 0.389. The van der Waals surface area contributed by atoms with Crippen molar-refractivity contribution in [3.8, 4) is 5.75 Å². The first-order valence-corrected chi connectivity index (χ1v) is 10.2. The van der Waals surface area contributed by atoms with Crippen LogP contribution < -0.4 is 4.74 Å². The first-order chi connectivity index (χ1) is 14.7. The molecule has 2 aromatic carbocycles. The van der Waals surface area contributed by atoms with Crippen molar-refractivity contribution < 1.29 is 32.5 Å². The minimum Gasteiger partial charge on any atom is -0.490 e. The minimum atomic E-state index is -4.35. The van der Waals surface area contributed by atoms with Crippen molar-refractivity contribution in [2.45, 2.75) is 30.7 Å². The Kier molecular flexibility index (Phi) is 4.57. The van der Waals surface area contributed by atoms with E-state index in [2.05, 4.69) is 0 Å². The largest absolute Gasteiger partial charge is 0.490 e. The van der Waals surface area contributed by atoms with E-state index in [1.807, 2.05) is 0 Å². The molecule has 5 rings (SSSR count). The Hall–Kier alpha value is -2.58. The Morgan fingerprint density at radius 2 is 1.65 bits per heavy atom. The van der Waals surface area contributed by atoms with Crippen molar-refractivity contribution >= 4 is 5.91 Å². The second-order valence-electron chi connectivity index (χ2n) is 8.93. The molecule has 1 spiro atoms. The lowest BCUT2D eigenvalue weighted by atomic mass is 9.61. The van der Waals surface area contributed by atoms with Gasteiger partial charge in [0.1, 0.15) is 17.5 Å². The van der Waals surface area contributed by atoms with E-state index in [0.717, 1.165) is 30.5 Å². The predicted molar refractivity (Wildman–Crippen MR) is 105 cm³/mol. The molecule has 3 fully saturated rings. The molecular weight excluding hydrogens is 411 g/mol. The number of ether oxygens (including phenoxy) is 2. The highest BCUT2D eigenvalue weighted by molar-refractivity contribution is 5.95. The van der Waals surface area contributed by atoms with Crippen LogP contribution in [0.4, 0.5) is 13.2 Å². The molecule has 0 aromatic heterocycles. The summed E-state index contributed by atoms with van der Waals surface area (Å²) in [5, 5.41) is 10.3. The Balaban J connectivity index is 1.11. The van der Waals surface area contributed by atoms with E-state index in [-0.39, 0.29) is 30.6 Å². The molecule has 2 saturated heterocycles. The summed E-state index contributed by atoms with van der Waals surface area (Å²) >= 11 is 0. The van der Waals surface area contributed by atoms with Gasteiger partial charge in [-0.1, -0.05) is 12.1 Å². The molecule has 31 heavy (non-hydrogen) atoms. The van der Waals surface area contributed by atoms with Gasteiger partial charge in [0.05, 0.1) is 18.8 Å². The highest BCUT2D eigenvalue weighted by Crippen LogP contribution is 2.50. The number of carbonyl (C=O) groups excluding carboxylic acids is 1. The normalized spacial score (nSPS) is 21.7. The monoisotopic (exact) mass is 433 g/mol. The number of hydrogen-bond acceptors (Lipinski definition) is 4. The van der Waals surface area contributed by atoms with E-state index >= 15 is 0 Å². The third-order valence-electron chi connectivity index (χ3n) is 6.50. The SMILES string of the molecule is O=C(c1ccc(C2(O)COC2)cc1)N1CC2(CC(Oc3ccc(C(F)(F)F)cc3)C2)C1. The van der Waals surface area contributed by atoms with Gasteiger partial charge in [-0.25, -0.2) is 0 Å². The van der Waals surface area contributed by atoms with Crippen LogP contribution in [0.2, 0.25) is 0 Å². The molecule has 0 atom stereocenters. The standard InChI is InChI=1S/C23H22F3NO4/c24-23(25,26)17-5-7-18(8-6-17)31-19-9-21(10-19)11-27(12-21)20(28)15-1-3-16(4-2-15)22(29)13-30-14-22/h1-8,19,29H,9-14H2. The molecule has 8 heteroatoms. The van der Waals surface area contributed by atoms with Crippen molar-refractivity contribution in [2.24, 2.45) is 5.41 Å². The fraction of sp³-hybridized carbons (Fsp3) is 0.435. The Labute approximate surface area is 177 Å². The Bertz CT molecular complexity index is 969. The maximum Gasteiger partial charge on any atom is 0.416 e. The zero-order valence-corrected chi connectivity index (χ0v) is 16.7. The summed E-state index contributed by atoms with van der Waals surface area (Å²) in [7, 11) is 0. The second kappa shape index (κ2) is 6.97. The molecule has 1 amide bonds. The number of halogens is 3. The van der Waals surface area contributed by atoms with Crippen LogP contribution in [0.3, 0.4) is 0 Å². The number of nitrogens with zero attached hydrogens (tertiary/aromatic N) is 1. The second-order valence-corrected chi connectivity index (χ2v) is 8.93. The minimum absolute atomic E-state index is 0.0406. The zero-order valence-electron chi connectivity index (χ0n) is 16.7. The van der Waals surface area contributed by atoms with E-state index in [1.54, 1.807) is 29.2 Å². The number of rotatable bonds is 4. The molecule has 0 bridgehead atoms. The molecular formula is C23H22F3NO4. The number of amides is 1. The van der Waals surface area contributed by atoms with E-state index in [1.165, 1.54) is 12.1 Å². The molecule has 1 saturated carbocycles. The predicted octanol–water partition coefficient (Wildman–Crippen LogP) is 3.61. The zero-order chi connectivity index (χ0) is 21.9. The van der Waals surface area contributed by atoms with Crippen LogP contribution in [-0.2, 0) is 16.5 Å². The van der Waals surface area contributed by atoms with Gasteiger partial charge in [0.15, 0.2) is 0 Å². The Morgan fingerprint density at radius 3 is 2.16 bits per heavy atom. The van der Waals surface area contributed by atoms with Crippen molar-refractivity contribution in [2.75, 3.05) is 26.3 Å². The van der Waals surface area contributed by atoms with Gasteiger partial charge in [0.2, 0.25) is 0 Å². The molecule has 1 N–H and O–H groups in total. The molecule has 3 aliphatic rings. The molecule has 2 aliphatic heterocycles. The fourth-order valence-corrected chi connectivity index (χ4v) is 4.64. The van der Waals surface area contributed by atoms with Crippen LogP contribution in [-0.4, -0.2) is 48.3 Å². The molecule has 2 heterocycles. The molecule has 1 aliphatic carbocycles. The van der Waals surface area contributed by atoms with Gasteiger partial charge >= 0.3 is 6.18 Å². The highest BCUT2D eigenvalue weighted by Gasteiger charge is 2.54. The quantitative estimate of drug-likeness (QED) is 0.801. The van der Waals surface area contributed by atoms with Gasteiger partial charge in [-0.2, -0.15) is 13.2 Å².